The maximum absolute atomic E-state index is 13.9. The summed E-state index contributed by atoms with van der Waals surface area (Å²) < 4.78 is 32.4. The SMILES string of the molecule is CCC(NC(=O)C1(OC)CCNCC1)c1ccc(F)cc1F. The van der Waals surface area contributed by atoms with Crippen LogP contribution in [0.25, 0.3) is 0 Å². The van der Waals surface area contributed by atoms with Crippen LogP contribution >= 0.6 is 0 Å². The van der Waals surface area contributed by atoms with Crippen molar-refractivity contribution in [2.75, 3.05) is 20.2 Å². The van der Waals surface area contributed by atoms with E-state index in [1.165, 1.54) is 19.2 Å². The topological polar surface area (TPSA) is 50.4 Å². The van der Waals surface area contributed by atoms with Gasteiger partial charge in [-0.15, -0.1) is 0 Å². The average Bonchev–Trinajstić information content (AvgIpc) is 2.53. The minimum absolute atomic E-state index is 0.243. The number of carbonyl (C=O) groups is 1. The minimum Gasteiger partial charge on any atom is -0.368 e. The fraction of sp³-hybridized carbons (Fsp3) is 0.562. The fourth-order valence-corrected chi connectivity index (χ4v) is 2.83. The number of amides is 1. The lowest BCUT2D eigenvalue weighted by atomic mass is 9.90. The van der Waals surface area contributed by atoms with Crippen molar-refractivity contribution in [3.05, 3.63) is 35.4 Å². The molecule has 0 spiro atoms. The summed E-state index contributed by atoms with van der Waals surface area (Å²) in [5, 5.41) is 6.03. The van der Waals surface area contributed by atoms with Crippen molar-refractivity contribution in [2.24, 2.45) is 0 Å². The van der Waals surface area contributed by atoms with Crippen LogP contribution in [0.15, 0.2) is 18.2 Å². The van der Waals surface area contributed by atoms with Gasteiger partial charge in [-0.3, -0.25) is 4.79 Å². The van der Waals surface area contributed by atoms with Crippen molar-refractivity contribution in [2.45, 2.75) is 37.8 Å². The first kappa shape index (κ1) is 16.8. The van der Waals surface area contributed by atoms with E-state index < -0.39 is 23.3 Å². The van der Waals surface area contributed by atoms with E-state index in [0.717, 1.165) is 6.07 Å². The van der Waals surface area contributed by atoms with Gasteiger partial charge in [-0.05, 0) is 38.4 Å². The summed E-state index contributed by atoms with van der Waals surface area (Å²) >= 11 is 0. The molecule has 1 aliphatic rings. The molecule has 1 fully saturated rings. The van der Waals surface area contributed by atoms with Crippen LogP contribution in [0.5, 0.6) is 0 Å². The van der Waals surface area contributed by atoms with E-state index in [1.54, 1.807) is 0 Å². The molecule has 1 aromatic carbocycles. The lowest BCUT2D eigenvalue weighted by Crippen LogP contribution is -2.54. The van der Waals surface area contributed by atoms with Gasteiger partial charge in [0.05, 0.1) is 6.04 Å². The first-order valence-electron chi connectivity index (χ1n) is 7.54. The smallest absolute Gasteiger partial charge is 0.252 e. The van der Waals surface area contributed by atoms with Crippen molar-refractivity contribution >= 4 is 5.91 Å². The van der Waals surface area contributed by atoms with Crippen molar-refractivity contribution in [3.63, 3.8) is 0 Å². The molecule has 2 N–H and O–H groups in total. The molecule has 22 heavy (non-hydrogen) atoms. The van der Waals surface area contributed by atoms with E-state index >= 15 is 0 Å². The summed E-state index contributed by atoms with van der Waals surface area (Å²) in [5.74, 6) is -1.52. The van der Waals surface area contributed by atoms with Gasteiger partial charge >= 0.3 is 0 Å². The molecule has 1 aliphatic heterocycles. The zero-order valence-corrected chi connectivity index (χ0v) is 12.9. The Labute approximate surface area is 129 Å². The largest absolute Gasteiger partial charge is 0.368 e. The predicted molar refractivity (Wildman–Crippen MR) is 79.4 cm³/mol. The van der Waals surface area contributed by atoms with E-state index in [-0.39, 0.29) is 11.5 Å². The highest BCUT2D eigenvalue weighted by atomic mass is 19.1. The summed E-state index contributed by atoms with van der Waals surface area (Å²) in [6.07, 6.45) is 1.64. The Morgan fingerprint density at radius 2 is 2.09 bits per heavy atom. The van der Waals surface area contributed by atoms with Gasteiger partial charge < -0.3 is 15.4 Å². The third-order valence-corrected chi connectivity index (χ3v) is 4.27. The monoisotopic (exact) mass is 312 g/mol. The Kier molecular flexibility index (Phi) is 5.47. The molecule has 0 aromatic heterocycles. The number of hydrogen-bond donors (Lipinski definition) is 2. The summed E-state index contributed by atoms with van der Waals surface area (Å²) in [6.45, 7) is 3.24. The Morgan fingerprint density at radius 3 is 2.64 bits per heavy atom. The number of hydrogen-bond acceptors (Lipinski definition) is 3. The molecule has 1 saturated heterocycles. The Morgan fingerprint density at radius 1 is 1.41 bits per heavy atom. The lowest BCUT2D eigenvalue weighted by molar-refractivity contribution is -0.147. The third kappa shape index (κ3) is 3.44. The quantitative estimate of drug-likeness (QED) is 0.877. The van der Waals surface area contributed by atoms with Crippen LogP contribution in [-0.4, -0.2) is 31.7 Å². The summed E-state index contributed by atoms with van der Waals surface area (Å²) in [7, 11) is 1.52. The van der Waals surface area contributed by atoms with Gasteiger partial charge in [0.1, 0.15) is 17.2 Å². The average molecular weight is 312 g/mol. The Balaban J connectivity index is 2.16. The second kappa shape index (κ2) is 7.15. The van der Waals surface area contributed by atoms with Crippen LogP contribution in [0.3, 0.4) is 0 Å². The van der Waals surface area contributed by atoms with E-state index in [2.05, 4.69) is 10.6 Å². The number of benzene rings is 1. The van der Waals surface area contributed by atoms with Gasteiger partial charge in [0.15, 0.2) is 0 Å². The number of rotatable bonds is 5. The van der Waals surface area contributed by atoms with Gasteiger partial charge in [0.2, 0.25) is 0 Å². The zero-order valence-electron chi connectivity index (χ0n) is 12.9. The minimum atomic E-state index is -0.880. The van der Waals surface area contributed by atoms with E-state index in [1.807, 2.05) is 6.92 Å². The highest BCUT2D eigenvalue weighted by molar-refractivity contribution is 5.85. The van der Waals surface area contributed by atoms with E-state index in [9.17, 15) is 13.6 Å². The molecule has 122 valence electrons. The summed E-state index contributed by atoms with van der Waals surface area (Å²) in [4.78, 5) is 12.6. The molecular formula is C16H22F2N2O2. The molecule has 1 atom stereocenters. The normalized spacial score (nSPS) is 18.7. The molecule has 1 unspecified atom stereocenters. The Bertz CT molecular complexity index is 531. The van der Waals surface area contributed by atoms with Crippen LogP contribution in [0.1, 0.15) is 37.8 Å². The number of carbonyl (C=O) groups excluding carboxylic acids is 1. The van der Waals surface area contributed by atoms with Gasteiger partial charge in [0.25, 0.3) is 5.91 Å². The van der Waals surface area contributed by atoms with Gasteiger partial charge in [-0.1, -0.05) is 13.0 Å². The number of ether oxygens (including phenoxy) is 1. The number of halogens is 2. The van der Waals surface area contributed by atoms with Crippen LogP contribution in [-0.2, 0) is 9.53 Å². The van der Waals surface area contributed by atoms with Crippen molar-refractivity contribution in [1.29, 1.82) is 0 Å². The molecule has 0 saturated carbocycles. The predicted octanol–water partition coefficient (Wildman–Crippen LogP) is 2.30. The van der Waals surface area contributed by atoms with Crippen molar-refractivity contribution in [3.8, 4) is 0 Å². The maximum Gasteiger partial charge on any atom is 0.252 e. The molecule has 6 heteroatoms. The lowest BCUT2D eigenvalue weighted by Gasteiger charge is -2.36. The third-order valence-electron chi connectivity index (χ3n) is 4.27. The molecule has 2 rings (SSSR count). The van der Waals surface area contributed by atoms with Crippen molar-refractivity contribution in [1.82, 2.24) is 10.6 Å². The summed E-state index contributed by atoms with van der Waals surface area (Å²) in [5.41, 5.74) is -0.590. The van der Waals surface area contributed by atoms with Gasteiger partial charge in [-0.25, -0.2) is 8.78 Å². The van der Waals surface area contributed by atoms with Gasteiger partial charge in [0, 0.05) is 18.7 Å². The molecular weight excluding hydrogens is 290 g/mol. The number of nitrogens with one attached hydrogen (secondary N) is 2. The van der Waals surface area contributed by atoms with Crippen LogP contribution in [0.4, 0.5) is 8.78 Å². The van der Waals surface area contributed by atoms with Crippen LogP contribution < -0.4 is 10.6 Å². The second-order valence-corrected chi connectivity index (χ2v) is 5.55. The van der Waals surface area contributed by atoms with E-state index in [0.29, 0.717) is 32.4 Å². The fourth-order valence-electron chi connectivity index (χ4n) is 2.83. The molecule has 0 aliphatic carbocycles. The standard InChI is InChI=1S/C16H22F2N2O2/c1-3-14(12-5-4-11(17)10-13(12)18)20-15(21)16(22-2)6-8-19-9-7-16/h4-5,10,14,19H,3,6-9H2,1-2H3,(H,20,21). The molecule has 0 radical (unpaired) electrons. The van der Waals surface area contributed by atoms with Crippen LogP contribution in [0.2, 0.25) is 0 Å². The van der Waals surface area contributed by atoms with E-state index in [4.69, 9.17) is 4.74 Å². The summed E-state index contributed by atoms with van der Waals surface area (Å²) in [6, 6.07) is 2.90. The molecule has 1 aromatic rings. The van der Waals surface area contributed by atoms with Gasteiger partial charge in [-0.2, -0.15) is 0 Å². The molecule has 4 nitrogen and oxygen atoms in total. The first-order chi connectivity index (χ1) is 10.5. The molecule has 1 amide bonds. The highest BCUT2D eigenvalue weighted by Crippen LogP contribution is 2.26. The van der Waals surface area contributed by atoms with Crippen molar-refractivity contribution < 1.29 is 18.3 Å². The Hall–Kier alpha value is -1.53. The number of methoxy groups -OCH3 is 1. The maximum atomic E-state index is 13.9. The zero-order chi connectivity index (χ0) is 16.2. The molecule has 0 bridgehead atoms. The highest BCUT2D eigenvalue weighted by Gasteiger charge is 2.40. The second-order valence-electron chi connectivity index (χ2n) is 5.55. The number of piperidine rings is 1. The van der Waals surface area contributed by atoms with Crippen LogP contribution in [0, 0.1) is 11.6 Å². The molecule has 1 heterocycles. The first-order valence-corrected chi connectivity index (χ1v) is 7.54.